The van der Waals surface area contributed by atoms with Crippen molar-refractivity contribution in [3.8, 4) is 0 Å². The summed E-state index contributed by atoms with van der Waals surface area (Å²) in [7, 11) is 4.13. The van der Waals surface area contributed by atoms with E-state index in [0.29, 0.717) is 10.4 Å². The Balaban J connectivity index is 0.00000115. The summed E-state index contributed by atoms with van der Waals surface area (Å²) in [6.07, 6.45) is 1.25. The number of rotatable bonds is 8. The molecule has 0 amide bonds. The molecule has 0 aliphatic carbocycles. The summed E-state index contributed by atoms with van der Waals surface area (Å²) in [6, 6.07) is 12.3. The first-order valence-corrected chi connectivity index (χ1v) is 13.4. The fourth-order valence-electron chi connectivity index (χ4n) is 3.75. The van der Waals surface area contributed by atoms with Crippen molar-refractivity contribution in [3.63, 3.8) is 0 Å². The van der Waals surface area contributed by atoms with Crippen LogP contribution in [0.4, 0.5) is 26.7 Å². The first-order valence-electron chi connectivity index (χ1n) is 12.0. The molecule has 0 spiro atoms. The number of nitrogens with two attached hydrogens (primary N) is 1. The summed E-state index contributed by atoms with van der Waals surface area (Å²) in [6.45, 7) is 9.96. The van der Waals surface area contributed by atoms with Gasteiger partial charge in [0.2, 0.25) is 5.78 Å². The van der Waals surface area contributed by atoms with E-state index in [0.717, 1.165) is 56.4 Å². The van der Waals surface area contributed by atoms with Crippen molar-refractivity contribution in [1.29, 1.82) is 0 Å². The van der Waals surface area contributed by atoms with Gasteiger partial charge in [-0.15, -0.1) is 9.24 Å². The number of ketones is 1. The van der Waals surface area contributed by atoms with Gasteiger partial charge in [0.15, 0.2) is 5.13 Å². The smallest absolute Gasteiger partial charge is 0.206 e. The molecule has 1 atom stereocenters. The van der Waals surface area contributed by atoms with Crippen LogP contribution in [0, 0.1) is 5.82 Å². The van der Waals surface area contributed by atoms with Crippen LogP contribution in [0.3, 0.4) is 0 Å². The Bertz CT molecular complexity index is 1110. The highest BCUT2D eigenvalue weighted by Gasteiger charge is 2.20. The van der Waals surface area contributed by atoms with Crippen molar-refractivity contribution in [2.75, 3.05) is 62.4 Å². The van der Waals surface area contributed by atoms with Gasteiger partial charge in [-0.2, -0.15) is 0 Å². The number of anilines is 4. The van der Waals surface area contributed by atoms with Crippen LogP contribution in [-0.4, -0.2) is 62.1 Å². The molecule has 0 saturated carbocycles. The monoisotopic (exact) mass is 531 g/mol. The average molecular weight is 532 g/mol. The second-order valence-corrected chi connectivity index (χ2v) is 10.2. The quantitative estimate of drug-likeness (QED) is 0.327. The minimum atomic E-state index is -0.469. The molecule has 36 heavy (non-hydrogen) atoms. The van der Waals surface area contributed by atoms with Crippen molar-refractivity contribution in [3.05, 3.63) is 58.7 Å². The molecule has 3 aromatic rings. The molecule has 1 fully saturated rings. The molecule has 194 valence electrons. The maximum Gasteiger partial charge on any atom is 0.206 e. The number of hydrogen-bond donors (Lipinski definition) is 2. The number of nitrogens with one attached hydrogen (secondary N) is 1. The summed E-state index contributed by atoms with van der Waals surface area (Å²) in [4.78, 5) is 22.2. The first kappa shape index (κ1) is 28.0. The largest absolute Gasteiger partial charge is 0.383 e. The fraction of sp³-hybridized carbons (Fsp3) is 0.385. The highest BCUT2D eigenvalue weighted by atomic mass is 32.1. The van der Waals surface area contributed by atoms with Gasteiger partial charge in [-0.1, -0.05) is 31.6 Å². The maximum absolute atomic E-state index is 13.7. The third-order valence-corrected chi connectivity index (χ3v) is 6.83. The van der Waals surface area contributed by atoms with Crippen molar-refractivity contribution in [1.82, 2.24) is 9.88 Å². The number of benzene rings is 2. The molecular weight excluding hydrogens is 496 g/mol. The number of hydrogen-bond acceptors (Lipinski definition) is 8. The van der Waals surface area contributed by atoms with Gasteiger partial charge in [-0.3, -0.25) is 9.69 Å². The first-order chi connectivity index (χ1) is 17.3. The van der Waals surface area contributed by atoms with Crippen LogP contribution in [0.5, 0.6) is 0 Å². The summed E-state index contributed by atoms with van der Waals surface area (Å²) in [5, 5.41) is 4.32. The molecule has 1 aliphatic rings. The minimum Gasteiger partial charge on any atom is -0.383 e. The van der Waals surface area contributed by atoms with Crippen LogP contribution >= 0.6 is 20.6 Å². The number of nitrogen functional groups attached to an aromatic ring is 1. The second kappa shape index (κ2) is 13.7. The van der Waals surface area contributed by atoms with E-state index >= 15 is 0 Å². The SMILES string of the molecule is CCC.COCCN1CCN(c2ccc(Nc3nc(N)c(C(=O)c4cc(F)cc(P)c4)s3)cc2)CC1. The fourth-order valence-corrected chi connectivity index (χ4v) is 4.96. The number of aromatic nitrogens is 1. The summed E-state index contributed by atoms with van der Waals surface area (Å²) >= 11 is 1.16. The molecule has 0 bridgehead atoms. The van der Waals surface area contributed by atoms with Crippen LogP contribution < -0.4 is 21.3 Å². The molecule has 7 nitrogen and oxygen atoms in total. The van der Waals surface area contributed by atoms with E-state index in [1.807, 2.05) is 12.1 Å². The van der Waals surface area contributed by atoms with E-state index in [2.05, 4.69) is 55.3 Å². The zero-order valence-electron chi connectivity index (χ0n) is 21.1. The van der Waals surface area contributed by atoms with Gasteiger partial charge >= 0.3 is 0 Å². The third kappa shape index (κ3) is 7.71. The molecule has 1 saturated heterocycles. The third-order valence-electron chi connectivity index (χ3n) is 5.51. The lowest BCUT2D eigenvalue weighted by atomic mass is 10.1. The molecule has 1 aliphatic heterocycles. The van der Waals surface area contributed by atoms with E-state index in [4.69, 9.17) is 10.5 Å². The maximum atomic E-state index is 13.7. The van der Waals surface area contributed by atoms with Crippen LogP contribution in [0.2, 0.25) is 0 Å². The summed E-state index contributed by atoms with van der Waals surface area (Å²) < 4.78 is 18.9. The lowest BCUT2D eigenvalue weighted by Crippen LogP contribution is -2.47. The Hall–Kier alpha value is -2.58. The molecule has 2 heterocycles. The van der Waals surface area contributed by atoms with Crippen molar-refractivity contribution in [2.45, 2.75) is 20.3 Å². The van der Waals surface area contributed by atoms with Crippen molar-refractivity contribution >= 4 is 54.0 Å². The second-order valence-electron chi connectivity index (χ2n) is 8.54. The Labute approximate surface area is 219 Å². The number of piperazine rings is 1. The summed E-state index contributed by atoms with van der Waals surface area (Å²) in [5.41, 5.74) is 8.26. The number of nitrogens with zero attached hydrogens (tertiary/aromatic N) is 3. The Morgan fingerprint density at radius 3 is 2.44 bits per heavy atom. The van der Waals surface area contributed by atoms with Gasteiger partial charge < -0.3 is 20.7 Å². The molecule has 2 aromatic carbocycles. The molecule has 10 heteroatoms. The van der Waals surface area contributed by atoms with E-state index in [1.165, 1.54) is 24.2 Å². The average Bonchev–Trinajstić information content (AvgIpc) is 3.22. The highest BCUT2D eigenvalue weighted by molar-refractivity contribution is 7.27. The predicted octanol–water partition coefficient (Wildman–Crippen LogP) is 4.52. The van der Waals surface area contributed by atoms with E-state index in [1.54, 1.807) is 13.2 Å². The number of ether oxygens (including phenoxy) is 1. The number of methoxy groups -OCH3 is 1. The Kier molecular flexibility index (Phi) is 10.6. The van der Waals surface area contributed by atoms with Gasteiger partial charge in [0, 0.05) is 56.8 Å². The van der Waals surface area contributed by atoms with E-state index in [9.17, 15) is 9.18 Å². The van der Waals surface area contributed by atoms with Gasteiger partial charge in [0.05, 0.1) is 6.61 Å². The van der Waals surface area contributed by atoms with Gasteiger partial charge in [0.1, 0.15) is 16.5 Å². The predicted molar refractivity (Wildman–Crippen MR) is 152 cm³/mol. The zero-order chi connectivity index (χ0) is 26.1. The van der Waals surface area contributed by atoms with Crippen LogP contribution in [-0.2, 0) is 4.74 Å². The molecule has 1 unspecified atom stereocenters. The van der Waals surface area contributed by atoms with Crippen molar-refractivity contribution < 1.29 is 13.9 Å². The zero-order valence-corrected chi connectivity index (χ0v) is 23.1. The van der Waals surface area contributed by atoms with Crippen molar-refractivity contribution in [2.24, 2.45) is 0 Å². The lowest BCUT2D eigenvalue weighted by Gasteiger charge is -2.36. The molecular formula is C26H35FN5O2PS. The number of carbonyl (C=O) groups excluding carboxylic acids is 1. The van der Waals surface area contributed by atoms with Gasteiger partial charge in [-0.05, 0) is 47.8 Å². The van der Waals surface area contributed by atoms with Gasteiger partial charge in [0.25, 0.3) is 0 Å². The molecule has 1 aromatic heterocycles. The van der Waals surface area contributed by atoms with Crippen LogP contribution in [0.15, 0.2) is 42.5 Å². The minimum absolute atomic E-state index is 0.130. The molecule has 0 radical (unpaired) electrons. The molecule has 3 N–H and O–H groups in total. The highest BCUT2D eigenvalue weighted by Crippen LogP contribution is 2.30. The normalized spacial score (nSPS) is 13.8. The number of thiazole rings is 1. The van der Waals surface area contributed by atoms with Crippen LogP contribution in [0.1, 0.15) is 35.5 Å². The standard InChI is InChI=1S/C23H27FN5O2PS.C3H8/c1-31-11-10-28-6-8-29(9-7-28)18-4-2-17(3-5-18)26-23-27-22(25)21(33-23)20(30)15-12-16(24)14-19(32)13-15;1-3-2/h2-5,12-14H,6-11,25,32H2,1H3,(H,26,27);3H2,1-2H3. The number of halogens is 1. The topological polar surface area (TPSA) is 83.7 Å². The molecule has 4 rings (SSSR count). The van der Waals surface area contributed by atoms with Gasteiger partial charge in [-0.25, -0.2) is 9.37 Å². The lowest BCUT2D eigenvalue weighted by molar-refractivity contribution is 0.104. The van der Waals surface area contributed by atoms with Crippen LogP contribution in [0.25, 0.3) is 0 Å². The Morgan fingerprint density at radius 2 is 1.83 bits per heavy atom. The number of carbonyl (C=O) groups is 1. The van der Waals surface area contributed by atoms with E-state index < -0.39 is 5.82 Å². The summed E-state index contributed by atoms with van der Waals surface area (Å²) in [5.74, 6) is -0.685. The Morgan fingerprint density at radius 1 is 1.17 bits per heavy atom. The van der Waals surface area contributed by atoms with E-state index in [-0.39, 0.29) is 22.0 Å².